The standard InChI is InChI=1S/2C18H36O2.C4H8O2Si.Ca/c2*1-2-3-4-5-6-7-8-9-10-11-12-13-14-15-16-17-18(19)20;1-3(2)4(5)6-7;/h2*2-17H2,1H3,(H,19,20);1H2,2,7H3;/q;;;+2/p-2. The summed E-state index contributed by atoms with van der Waals surface area (Å²) in [5.41, 5.74) is 0.468. The van der Waals surface area contributed by atoms with Gasteiger partial charge in [-0.2, -0.15) is 0 Å². The topological polar surface area (TPSA) is 107 Å². The Balaban J connectivity index is -0.000000331. The van der Waals surface area contributed by atoms with Gasteiger partial charge in [0, 0.05) is 17.5 Å². The number of hydrogen-bond acceptors (Lipinski definition) is 6. The number of carboxylic acid groups (broad SMARTS) is 2. The van der Waals surface area contributed by atoms with Gasteiger partial charge in [-0.05, 0) is 32.6 Å². The molecule has 0 N–H and O–H groups in total. The van der Waals surface area contributed by atoms with Crippen LogP contribution in [0.1, 0.15) is 226 Å². The number of carbonyl (C=O) groups is 3. The van der Waals surface area contributed by atoms with Crippen LogP contribution in [0.3, 0.4) is 0 Å². The second kappa shape index (κ2) is 48.7. The first-order valence-electron chi connectivity index (χ1n) is 19.9. The van der Waals surface area contributed by atoms with Crippen LogP contribution in [0.15, 0.2) is 12.2 Å². The largest absolute Gasteiger partial charge is 2.00 e. The number of hydrogen-bond donors (Lipinski definition) is 0. The first-order valence-corrected chi connectivity index (χ1v) is 20.7. The van der Waals surface area contributed by atoms with E-state index in [-0.39, 0.29) is 56.5 Å². The minimum Gasteiger partial charge on any atom is -0.550 e. The van der Waals surface area contributed by atoms with Gasteiger partial charge < -0.3 is 24.2 Å². The first kappa shape index (κ1) is 54.4. The molecule has 0 aliphatic carbocycles. The van der Waals surface area contributed by atoms with Crippen molar-refractivity contribution in [1.29, 1.82) is 0 Å². The molecule has 6 nitrogen and oxygen atoms in total. The molecule has 48 heavy (non-hydrogen) atoms. The van der Waals surface area contributed by atoms with Crippen LogP contribution in [0.5, 0.6) is 0 Å². The molecule has 8 heteroatoms. The molecular weight excluding hydrogens is 645 g/mol. The molecule has 0 fully saturated rings. The minimum atomic E-state index is -0.903. The van der Waals surface area contributed by atoms with Crippen molar-refractivity contribution in [3.63, 3.8) is 0 Å². The van der Waals surface area contributed by atoms with Crippen LogP contribution in [0, 0.1) is 0 Å². The summed E-state index contributed by atoms with van der Waals surface area (Å²) in [7, 11) is 0.460. The third kappa shape index (κ3) is 57.9. The van der Waals surface area contributed by atoms with Gasteiger partial charge in [-0.1, -0.05) is 200 Å². The van der Waals surface area contributed by atoms with Gasteiger partial charge in [0.15, 0.2) is 0 Å². The van der Waals surface area contributed by atoms with E-state index in [4.69, 9.17) is 0 Å². The smallest absolute Gasteiger partial charge is 0.550 e. The van der Waals surface area contributed by atoms with E-state index >= 15 is 0 Å². The summed E-state index contributed by atoms with van der Waals surface area (Å²) in [5, 5.41) is 20.4. The van der Waals surface area contributed by atoms with Crippen molar-refractivity contribution in [2.24, 2.45) is 0 Å². The van der Waals surface area contributed by atoms with E-state index in [0.717, 1.165) is 25.7 Å². The average Bonchev–Trinajstić information content (AvgIpc) is 3.04. The van der Waals surface area contributed by atoms with Gasteiger partial charge in [0.2, 0.25) is 10.5 Å². The zero-order chi connectivity index (χ0) is 35.6. The molecule has 0 saturated heterocycles. The Kier molecular flexibility index (Phi) is 55.2. The maximum Gasteiger partial charge on any atom is 2.00 e. The Morgan fingerprint density at radius 1 is 0.458 bits per heavy atom. The van der Waals surface area contributed by atoms with Crippen LogP contribution in [0.25, 0.3) is 0 Å². The second-order valence-electron chi connectivity index (χ2n) is 13.4. The number of aliphatic carboxylic acids is 2. The summed E-state index contributed by atoms with van der Waals surface area (Å²) in [6.45, 7) is 9.53. The summed E-state index contributed by atoms with van der Waals surface area (Å²) in [5.74, 6) is -2.09. The summed E-state index contributed by atoms with van der Waals surface area (Å²) < 4.78 is 4.41. The molecule has 0 rings (SSSR count). The predicted octanol–water partition coefficient (Wildman–Crippen LogP) is 9.00. The zero-order valence-electron chi connectivity index (χ0n) is 32.5. The Morgan fingerprint density at radius 3 is 0.771 bits per heavy atom. The molecule has 0 unspecified atom stereocenters. The monoisotopic (exact) mass is 723 g/mol. The summed E-state index contributed by atoms with van der Waals surface area (Å²) in [4.78, 5) is 30.7. The molecule has 0 aromatic carbocycles. The van der Waals surface area contributed by atoms with E-state index in [1.54, 1.807) is 6.92 Å². The van der Waals surface area contributed by atoms with Crippen molar-refractivity contribution in [2.45, 2.75) is 226 Å². The summed E-state index contributed by atoms with van der Waals surface area (Å²) in [6.07, 6.45) is 39.7. The van der Waals surface area contributed by atoms with Gasteiger partial charge in [-0.3, -0.25) is 0 Å². The third-order valence-electron chi connectivity index (χ3n) is 8.50. The van der Waals surface area contributed by atoms with E-state index in [9.17, 15) is 24.6 Å². The van der Waals surface area contributed by atoms with Crippen LogP contribution in [0.4, 0.5) is 0 Å². The fraction of sp³-hybridized carbons (Fsp3) is 0.875. The molecule has 0 aliphatic rings. The van der Waals surface area contributed by atoms with Crippen LogP contribution in [-0.4, -0.2) is 66.1 Å². The van der Waals surface area contributed by atoms with E-state index in [1.807, 2.05) is 0 Å². The van der Waals surface area contributed by atoms with Crippen LogP contribution in [-0.2, 0) is 18.8 Å². The quantitative estimate of drug-likeness (QED) is 0.0380. The number of carboxylic acids is 2. The Hall–Kier alpha value is -0.373. The fourth-order valence-electron chi connectivity index (χ4n) is 5.46. The normalized spacial score (nSPS) is 10.2. The van der Waals surface area contributed by atoms with E-state index < -0.39 is 11.9 Å². The van der Waals surface area contributed by atoms with Crippen LogP contribution < -0.4 is 10.2 Å². The second-order valence-corrected chi connectivity index (χ2v) is 13.8. The van der Waals surface area contributed by atoms with Crippen molar-refractivity contribution in [2.75, 3.05) is 0 Å². The maximum atomic E-state index is 10.2. The van der Waals surface area contributed by atoms with Crippen molar-refractivity contribution in [3.05, 3.63) is 12.2 Å². The molecule has 0 heterocycles. The van der Waals surface area contributed by atoms with Gasteiger partial charge >= 0.3 is 43.7 Å². The molecule has 0 atom stereocenters. The summed E-state index contributed by atoms with van der Waals surface area (Å²) >= 11 is 0. The summed E-state index contributed by atoms with van der Waals surface area (Å²) in [6, 6.07) is 0. The van der Waals surface area contributed by atoms with Crippen LogP contribution >= 0.6 is 0 Å². The van der Waals surface area contributed by atoms with Gasteiger partial charge in [0.05, 0.1) is 0 Å². The average molecular weight is 723 g/mol. The van der Waals surface area contributed by atoms with Crippen LogP contribution in [0.2, 0.25) is 0 Å². The zero-order valence-corrected chi connectivity index (χ0v) is 36.7. The molecule has 280 valence electrons. The van der Waals surface area contributed by atoms with E-state index in [1.165, 1.54) is 167 Å². The van der Waals surface area contributed by atoms with E-state index in [2.05, 4.69) is 24.9 Å². The molecular formula is C40H78CaO6Si. The molecule has 0 aromatic rings. The van der Waals surface area contributed by atoms with Gasteiger partial charge in [-0.25, -0.2) is 4.79 Å². The van der Waals surface area contributed by atoms with Gasteiger partial charge in [-0.15, -0.1) is 0 Å². The fourth-order valence-corrected chi connectivity index (χ4v) is 5.80. The number of rotatable bonds is 33. The van der Waals surface area contributed by atoms with Crippen molar-refractivity contribution < 1.29 is 29.0 Å². The molecule has 0 spiro atoms. The Labute approximate surface area is 331 Å². The SMILES string of the molecule is C=C(C)C(=O)O[SiH3].CCCCCCCCCCCCCCCCCC(=O)[O-].CCCCCCCCCCCCCCCCCC(=O)[O-].[Ca+2]. The van der Waals surface area contributed by atoms with E-state index in [0.29, 0.717) is 16.1 Å². The van der Waals surface area contributed by atoms with Crippen molar-refractivity contribution >= 4 is 66.1 Å². The molecule has 0 amide bonds. The number of carbonyl (C=O) groups excluding carboxylic acids is 3. The molecule has 0 aliphatic heterocycles. The van der Waals surface area contributed by atoms with Crippen molar-refractivity contribution in [3.8, 4) is 0 Å². The van der Waals surface area contributed by atoms with Gasteiger partial charge in [0.25, 0.3) is 0 Å². The Morgan fingerprint density at radius 2 is 0.646 bits per heavy atom. The maximum absolute atomic E-state index is 10.2. The molecule has 0 saturated carbocycles. The van der Waals surface area contributed by atoms with Crippen molar-refractivity contribution in [1.82, 2.24) is 0 Å². The molecule has 0 radical (unpaired) electrons. The molecule has 0 aromatic heterocycles. The minimum absolute atomic E-state index is 0. The number of unbranched alkanes of at least 4 members (excludes halogenated alkanes) is 28. The predicted molar refractivity (Wildman–Crippen MR) is 206 cm³/mol. The Bertz CT molecular complexity index is 645. The third-order valence-corrected chi connectivity index (χ3v) is 8.87. The van der Waals surface area contributed by atoms with Gasteiger partial charge in [0.1, 0.15) is 0 Å². The first-order chi connectivity index (χ1) is 22.7. The molecule has 0 bridgehead atoms.